The van der Waals surface area contributed by atoms with E-state index < -0.39 is 0 Å². The topological polar surface area (TPSA) is 66.6 Å². The molecule has 112 valence electrons. The molecule has 1 unspecified atom stereocenters. The van der Waals surface area contributed by atoms with Crippen LogP contribution in [0, 0.1) is 0 Å². The van der Waals surface area contributed by atoms with Crippen molar-refractivity contribution in [2.75, 3.05) is 20.6 Å². The van der Waals surface area contributed by atoms with Crippen LogP contribution in [0.15, 0.2) is 12.1 Å². The standard InChI is InChI=1S/C16H26N2O2/c1-4-5-6-12-13(15(17)9-10-18(2)3)7-8-16(20)14(12)11-19/h7-8,11,15,20H,4-6,9-10,17H2,1-3H3. The summed E-state index contributed by atoms with van der Waals surface area (Å²) in [4.78, 5) is 13.3. The van der Waals surface area contributed by atoms with E-state index in [9.17, 15) is 9.90 Å². The van der Waals surface area contributed by atoms with E-state index in [-0.39, 0.29) is 11.8 Å². The Balaban J connectivity index is 3.06. The van der Waals surface area contributed by atoms with Crippen LogP contribution in [0.25, 0.3) is 0 Å². The first-order valence-corrected chi connectivity index (χ1v) is 7.21. The Morgan fingerprint density at radius 1 is 1.40 bits per heavy atom. The van der Waals surface area contributed by atoms with E-state index in [2.05, 4.69) is 11.8 Å². The normalized spacial score (nSPS) is 12.7. The minimum atomic E-state index is -0.108. The van der Waals surface area contributed by atoms with E-state index in [1.54, 1.807) is 6.07 Å². The minimum Gasteiger partial charge on any atom is -0.507 e. The smallest absolute Gasteiger partial charge is 0.154 e. The molecule has 4 nitrogen and oxygen atoms in total. The highest BCUT2D eigenvalue weighted by atomic mass is 16.3. The number of aldehydes is 1. The predicted octanol–water partition coefficient (Wildman–Crippen LogP) is 2.50. The fourth-order valence-corrected chi connectivity index (χ4v) is 2.33. The van der Waals surface area contributed by atoms with Gasteiger partial charge < -0.3 is 15.7 Å². The molecule has 0 aliphatic heterocycles. The highest BCUT2D eigenvalue weighted by Crippen LogP contribution is 2.29. The van der Waals surface area contributed by atoms with Crippen LogP contribution in [0.1, 0.15) is 53.7 Å². The summed E-state index contributed by atoms with van der Waals surface area (Å²) in [6.07, 6.45) is 4.37. The number of phenols is 1. The molecule has 3 N–H and O–H groups in total. The molecule has 0 bridgehead atoms. The van der Waals surface area contributed by atoms with Crippen LogP contribution >= 0.6 is 0 Å². The Labute approximate surface area is 121 Å². The van der Waals surface area contributed by atoms with Gasteiger partial charge in [0.2, 0.25) is 0 Å². The number of hydrogen-bond acceptors (Lipinski definition) is 4. The predicted molar refractivity (Wildman–Crippen MR) is 82.2 cm³/mol. The maximum Gasteiger partial charge on any atom is 0.154 e. The van der Waals surface area contributed by atoms with Crippen molar-refractivity contribution < 1.29 is 9.90 Å². The molecule has 1 atom stereocenters. The zero-order valence-corrected chi connectivity index (χ0v) is 12.7. The van der Waals surface area contributed by atoms with Crippen LogP contribution < -0.4 is 5.73 Å². The molecule has 0 spiro atoms. The summed E-state index contributed by atoms with van der Waals surface area (Å²) in [6.45, 7) is 3.00. The van der Waals surface area contributed by atoms with Crippen molar-refractivity contribution in [3.8, 4) is 5.75 Å². The fourth-order valence-electron chi connectivity index (χ4n) is 2.33. The number of carbonyl (C=O) groups is 1. The first-order chi connectivity index (χ1) is 9.51. The van der Waals surface area contributed by atoms with Gasteiger partial charge in [0.15, 0.2) is 6.29 Å². The van der Waals surface area contributed by atoms with E-state index in [1.165, 1.54) is 0 Å². The number of hydrogen-bond donors (Lipinski definition) is 2. The Hall–Kier alpha value is -1.39. The lowest BCUT2D eigenvalue weighted by Gasteiger charge is -2.20. The van der Waals surface area contributed by atoms with Crippen molar-refractivity contribution in [2.45, 2.75) is 38.6 Å². The van der Waals surface area contributed by atoms with Crippen LogP contribution in [-0.2, 0) is 6.42 Å². The summed E-state index contributed by atoms with van der Waals surface area (Å²) in [5.74, 6) is 0.0506. The van der Waals surface area contributed by atoms with Gasteiger partial charge in [-0.1, -0.05) is 19.4 Å². The SMILES string of the molecule is CCCCc1c(C(N)CCN(C)C)ccc(O)c1C=O. The highest BCUT2D eigenvalue weighted by Gasteiger charge is 2.17. The van der Waals surface area contributed by atoms with Crippen molar-refractivity contribution in [1.29, 1.82) is 0 Å². The van der Waals surface area contributed by atoms with Crippen molar-refractivity contribution in [3.63, 3.8) is 0 Å². The number of unbranched alkanes of at least 4 members (excludes halogenated alkanes) is 1. The Kier molecular flexibility index (Phi) is 6.68. The molecule has 0 fully saturated rings. The van der Waals surface area contributed by atoms with Gasteiger partial charge in [0.25, 0.3) is 0 Å². The molecule has 20 heavy (non-hydrogen) atoms. The fraction of sp³-hybridized carbons (Fsp3) is 0.562. The second-order valence-corrected chi connectivity index (χ2v) is 5.49. The average molecular weight is 278 g/mol. The van der Waals surface area contributed by atoms with E-state index in [0.717, 1.165) is 49.6 Å². The van der Waals surface area contributed by atoms with Crippen molar-refractivity contribution in [2.24, 2.45) is 5.73 Å². The van der Waals surface area contributed by atoms with Crippen LogP contribution in [0.3, 0.4) is 0 Å². The maximum absolute atomic E-state index is 11.2. The van der Waals surface area contributed by atoms with Gasteiger partial charge in [-0.15, -0.1) is 0 Å². The Morgan fingerprint density at radius 3 is 2.65 bits per heavy atom. The molecule has 0 aliphatic carbocycles. The Bertz CT molecular complexity index is 444. The maximum atomic E-state index is 11.2. The quantitative estimate of drug-likeness (QED) is 0.717. The Morgan fingerprint density at radius 2 is 2.10 bits per heavy atom. The zero-order chi connectivity index (χ0) is 15.1. The highest BCUT2D eigenvalue weighted by molar-refractivity contribution is 5.82. The van der Waals surface area contributed by atoms with Crippen molar-refractivity contribution >= 4 is 6.29 Å². The van der Waals surface area contributed by atoms with Gasteiger partial charge >= 0.3 is 0 Å². The van der Waals surface area contributed by atoms with Gasteiger partial charge in [0, 0.05) is 6.04 Å². The molecule has 0 aliphatic rings. The van der Waals surface area contributed by atoms with Crippen LogP contribution in [0.2, 0.25) is 0 Å². The third kappa shape index (κ3) is 4.32. The molecule has 0 aromatic heterocycles. The summed E-state index contributed by atoms with van der Waals surface area (Å²) >= 11 is 0. The molecule has 0 radical (unpaired) electrons. The molecule has 0 heterocycles. The summed E-state index contributed by atoms with van der Waals surface area (Å²) in [6, 6.07) is 3.32. The van der Waals surface area contributed by atoms with Gasteiger partial charge in [-0.2, -0.15) is 0 Å². The number of aromatic hydroxyl groups is 1. The first kappa shape index (κ1) is 16.7. The van der Waals surface area contributed by atoms with Gasteiger partial charge in [0.1, 0.15) is 5.75 Å². The molecule has 1 aromatic rings. The van der Waals surface area contributed by atoms with Crippen LogP contribution in [0.4, 0.5) is 0 Å². The number of nitrogens with two attached hydrogens (primary N) is 1. The summed E-state index contributed by atoms with van der Waals surface area (Å²) in [5, 5.41) is 9.83. The second kappa shape index (κ2) is 8.02. The van der Waals surface area contributed by atoms with Crippen LogP contribution in [0.5, 0.6) is 5.75 Å². The largest absolute Gasteiger partial charge is 0.507 e. The van der Waals surface area contributed by atoms with E-state index in [0.29, 0.717) is 5.56 Å². The summed E-state index contributed by atoms with van der Waals surface area (Å²) in [5.41, 5.74) is 8.56. The second-order valence-electron chi connectivity index (χ2n) is 5.49. The number of phenolic OH excluding ortho intramolecular Hbond substituents is 1. The molecular weight excluding hydrogens is 252 g/mol. The zero-order valence-electron chi connectivity index (χ0n) is 12.7. The van der Waals surface area contributed by atoms with Crippen LogP contribution in [-0.4, -0.2) is 36.9 Å². The van der Waals surface area contributed by atoms with Gasteiger partial charge in [0.05, 0.1) is 5.56 Å². The summed E-state index contributed by atoms with van der Waals surface area (Å²) in [7, 11) is 4.02. The van der Waals surface area contributed by atoms with Crippen molar-refractivity contribution in [1.82, 2.24) is 4.90 Å². The summed E-state index contributed by atoms with van der Waals surface area (Å²) < 4.78 is 0. The number of nitrogens with zero attached hydrogens (tertiary/aromatic N) is 1. The molecule has 1 aromatic carbocycles. The molecule has 4 heteroatoms. The van der Waals surface area contributed by atoms with Crippen molar-refractivity contribution in [3.05, 3.63) is 28.8 Å². The lowest BCUT2D eigenvalue weighted by Crippen LogP contribution is -2.21. The lowest BCUT2D eigenvalue weighted by molar-refractivity contribution is 0.112. The molecule has 1 rings (SSSR count). The van der Waals surface area contributed by atoms with E-state index in [4.69, 9.17) is 5.73 Å². The average Bonchev–Trinajstić information content (AvgIpc) is 2.42. The van der Waals surface area contributed by atoms with Gasteiger partial charge in [-0.3, -0.25) is 4.79 Å². The molecule has 0 amide bonds. The number of benzene rings is 1. The number of rotatable bonds is 8. The first-order valence-electron chi connectivity index (χ1n) is 7.21. The monoisotopic (exact) mass is 278 g/mol. The minimum absolute atomic E-state index is 0.0506. The van der Waals surface area contributed by atoms with E-state index >= 15 is 0 Å². The van der Waals surface area contributed by atoms with Gasteiger partial charge in [-0.05, 0) is 57.1 Å². The third-order valence-electron chi connectivity index (χ3n) is 3.56. The third-order valence-corrected chi connectivity index (χ3v) is 3.56. The number of carbonyl (C=O) groups excluding carboxylic acids is 1. The molecule has 0 saturated carbocycles. The molecular formula is C16H26N2O2. The van der Waals surface area contributed by atoms with Gasteiger partial charge in [-0.25, -0.2) is 0 Å². The molecule has 0 saturated heterocycles. The van der Waals surface area contributed by atoms with E-state index in [1.807, 2.05) is 20.2 Å². The lowest BCUT2D eigenvalue weighted by atomic mass is 9.91.